The summed E-state index contributed by atoms with van der Waals surface area (Å²) in [5, 5.41) is 13.8. The molecule has 6 rings (SSSR count). The summed E-state index contributed by atoms with van der Waals surface area (Å²) in [6, 6.07) is 29.7. The van der Waals surface area contributed by atoms with Gasteiger partial charge in [-0.25, -0.2) is 15.0 Å². The second-order valence-corrected chi connectivity index (χ2v) is 11.4. The standard InChI is InChI=1S/C39H36N4O7/c1-4-48-38(45)36-24(2)41-39(46)42-37(36)27-17-19-33(34(20-27)47-3)50-23-35(44)43-40-21-31-30-15-8-6-11-26(30)16-18-32(31)49-22-28-13-9-12-25-10-5-7-14-29(25)28/h5-21,37H,4,22-23H2,1-3H3,(H,43,44)(H2,41,42,46)/b40-21+/t37-/m1/s1. The van der Waals surface area contributed by atoms with Gasteiger partial charge in [-0.15, -0.1) is 0 Å². The van der Waals surface area contributed by atoms with Gasteiger partial charge in [0, 0.05) is 11.3 Å². The average molecular weight is 673 g/mol. The van der Waals surface area contributed by atoms with Gasteiger partial charge < -0.3 is 29.6 Å². The molecule has 1 aliphatic rings. The van der Waals surface area contributed by atoms with Gasteiger partial charge in [-0.05, 0) is 64.7 Å². The van der Waals surface area contributed by atoms with Gasteiger partial charge in [0.15, 0.2) is 18.1 Å². The number of allylic oxidation sites excluding steroid dienone is 1. The minimum absolute atomic E-state index is 0.182. The molecule has 50 heavy (non-hydrogen) atoms. The molecule has 0 spiro atoms. The van der Waals surface area contributed by atoms with Crippen LogP contribution in [-0.4, -0.2) is 44.4 Å². The monoisotopic (exact) mass is 672 g/mol. The zero-order valence-corrected chi connectivity index (χ0v) is 27.8. The molecule has 0 bridgehead atoms. The van der Waals surface area contributed by atoms with E-state index in [9.17, 15) is 14.4 Å². The number of rotatable bonds is 12. The number of nitrogens with zero attached hydrogens (tertiary/aromatic N) is 1. The molecule has 0 aliphatic carbocycles. The highest BCUT2D eigenvalue weighted by molar-refractivity contribution is 6.02. The van der Waals surface area contributed by atoms with E-state index in [1.54, 1.807) is 38.3 Å². The third-order valence-corrected chi connectivity index (χ3v) is 8.22. The van der Waals surface area contributed by atoms with Crippen LogP contribution >= 0.6 is 0 Å². The lowest BCUT2D eigenvalue weighted by Gasteiger charge is -2.28. The number of hydrogen-bond acceptors (Lipinski definition) is 8. The number of esters is 1. The van der Waals surface area contributed by atoms with Gasteiger partial charge in [-0.3, -0.25) is 4.79 Å². The molecule has 254 valence electrons. The molecule has 0 saturated carbocycles. The Kier molecular flexibility index (Phi) is 10.2. The molecule has 11 heteroatoms. The maximum atomic E-state index is 12.8. The van der Waals surface area contributed by atoms with Gasteiger partial charge >= 0.3 is 12.0 Å². The Balaban J connectivity index is 1.14. The van der Waals surface area contributed by atoms with Gasteiger partial charge in [0.05, 0.1) is 31.5 Å². The van der Waals surface area contributed by atoms with Crippen LogP contribution in [0.1, 0.15) is 36.6 Å². The lowest BCUT2D eigenvalue weighted by molar-refractivity contribution is -0.139. The summed E-state index contributed by atoms with van der Waals surface area (Å²) in [5.41, 5.74) is 5.53. The SMILES string of the molecule is CCOC(=O)C1=C(C)NC(=O)N[C@@H]1c1ccc(OCC(=O)N/N=C/c2c(OCc3cccc4ccccc34)ccc3ccccc23)c(OC)c1. The third-order valence-electron chi connectivity index (χ3n) is 8.22. The number of nitrogens with one attached hydrogen (secondary N) is 3. The van der Waals surface area contributed by atoms with Crippen molar-refractivity contribution < 1.29 is 33.3 Å². The smallest absolute Gasteiger partial charge is 0.338 e. The van der Waals surface area contributed by atoms with Crippen LogP contribution in [0.15, 0.2) is 113 Å². The first-order valence-corrected chi connectivity index (χ1v) is 16.1. The van der Waals surface area contributed by atoms with E-state index in [0.29, 0.717) is 29.4 Å². The fourth-order valence-corrected chi connectivity index (χ4v) is 5.86. The predicted octanol–water partition coefficient (Wildman–Crippen LogP) is 6.30. The van der Waals surface area contributed by atoms with Gasteiger partial charge in [0.1, 0.15) is 12.4 Å². The Bertz CT molecular complexity index is 2140. The Morgan fingerprint density at radius 2 is 1.58 bits per heavy atom. The molecule has 5 aromatic carbocycles. The molecule has 5 aromatic rings. The van der Waals surface area contributed by atoms with Gasteiger partial charge in [-0.1, -0.05) is 78.9 Å². The number of carbonyl (C=O) groups excluding carboxylic acids is 3. The summed E-state index contributed by atoms with van der Waals surface area (Å²) in [5.74, 6) is 0.158. The summed E-state index contributed by atoms with van der Waals surface area (Å²) in [6.45, 7) is 3.52. The highest BCUT2D eigenvalue weighted by atomic mass is 16.5. The molecule has 0 saturated heterocycles. The molecular weight excluding hydrogens is 636 g/mol. The third kappa shape index (κ3) is 7.36. The molecule has 3 amide bonds. The van der Waals surface area contributed by atoms with Crippen LogP contribution in [0.3, 0.4) is 0 Å². The number of fused-ring (bicyclic) bond motifs is 2. The number of hydrogen-bond donors (Lipinski definition) is 3. The first-order chi connectivity index (χ1) is 24.4. The van der Waals surface area contributed by atoms with E-state index in [-0.39, 0.29) is 24.5 Å². The number of ether oxygens (including phenoxy) is 4. The summed E-state index contributed by atoms with van der Waals surface area (Å²) in [4.78, 5) is 37.8. The summed E-state index contributed by atoms with van der Waals surface area (Å²) >= 11 is 0. The van der Waals surface area contributed by atoms with Crippen molar-refractivity contribution in [3.8, 4) is 17.2 Å². The topological polar surface area (TPSA) is 137 Å². The van der Waals surface area contributed by atoms with E-state index in [1.807, 2.05) is 60.7 Å². The fraction of sp³-hybridized carbons (Fsp3) is 0.179. The van der Waals surface area contributed by atoms with Gasteiger partial charge in [-0.2, -0.15) is 5.10 Å². The quantitative estimate of drug-likeness (QED) is 0.0804. The Morgan fingerprint density at radius 3 is 2.36 bits per heavy atom. The zero-order chi connectivity index (χ0) is 35.0. The number of carbonyl (C=O) groups is 3. The fourth-order valence-electron chi connectivity index (χ4n) is 5.86. The largest absolute Gasteiger partial charge is 0.493 e. The lowest BCUT2D eigenvalue weighted by atomic mass is 9.95. The molecule has 0 radical (unpaired) electrons. The molecule has 3 N–H and O–H groups in total. The molecule has 0 fully saturated rings. The maximum Gasteiger partial charge on any atom is 0.338 e. The Morgan fingerprint density at radius 1 is 0.860 bits per heavy atom. The van der Waals surface area contributed by atoms with Crippen LogP contribution in [0, 0.1) is 0 Å². The second kappa shape index (κ2) is 15.2. The van der Waals surface area contributed by atoms with E-state index in [4.69, 9.17) is 18.9 Å². The number of urea groups is 1. The predicted molar refractivity (Wildman–Crippen MR) is 190 cm³/mol. The van der Waals surface area contributed by atoms with E-state index in [1.165, 1.54) is 7.11 Å². The van der Waals surface area contributed by atoms with Crippen LogP contribution in [0.2, 0.25) is 0 Å². The zero-order valence-electron chi connectivity index (χ0n) is 27.8. The first-order valence-electron chi connectivity index (χ1n) is 16.1. The molecule has 11 nitrogen and oxygen atoms in total. The molecule has 1 aliphatic heterocycles. The van der Waals surface area contributed by atoms with Gasteiger partial charge in [0.25, 0.3) is 5.91 Å². The van der Waals surface area contributed by atoms with E-state index >= 15 is 0 Å². The number of amides is 3. The maximum absolute atomic E-state index is 12.8. The van der Waals surface area contributed by atoms with Crippen molar-refractivity contribution in [1.29, 1.82) is 0 Å². The highest BCUT2D eigenvalue weighted by Crippen LogP contribution is 2.35. The van der Waals surface area contributed by atoms with Crippen molar-refractivity contribution in [3.63, 3.8) is 0 Å². The first kappa shape index (κ1) is 33.5. The highest BCUT2D eigenvalue weighted by Gasteiger charge is 2.32. The van der Waals surface area contributed by atoms with Crippen molar-refractivity contribution >= 4 is 45.7 Å². The van der Waals surface area contributed by atoms with E-state index in [0.717, 1.165) is 32.7 Å². The van der Waals surface area contributed by atoms with Crippen LogP contribution in [0.5, 0.6) is 17.2 Å². The minimum Gasteiger partial charge on any atom is -0.493 e. The molecule has 0 aromatic heterocycles. The summed E-state index contributed by atoms with van der Waals surface area (Å²) < 4.78 is 22.8. The van der Waals surface area contributed by atoms with Crippen LogP contribution in [0.4, 0.5) is 4.79 Å². The van der Waals surface area contributed by atoms with Gasteiger partial charge in [0.2, 0.25) is 0 Å². The van der Waals surface area contributed by atoms with Crippen molar-refractivity contribution in [2.45, 2.75) is 26.5 Å². The average Bonchev–Trinajstić information content (AvgIpc) is 3.13. The summed E-state index contributed by atoms with van der Waals surface area (Å²) in [6.07, 6.45) is 1.57. The van der Waals surface area contributed by atoms with E-state index < -0.39 is 23.9 Å². The molecular formula is C39H36N4O7. The second-order valence-electron chi connectivity index (χ2n) is 11.4. The van der Waals surface area contributed by atoms with Crippen LogP contribution < -0.4 is 30.3 Å². The number of hydrazone groups is 1. The number of methoxy groups -OCH3 is 1. The van der Waals surface area contributed by atoms with Crippen LogP contribution in [0.25, 0.3) is 21.5 Å². The van der Waals surface area contributed by atoms with Crippen LogP contribution in [-0.2, 0) is 20.9 Å². The minimum atomic E-state index is -0.779. The molecule has 1 heterocycles. The number of benzene rings is 5. The van der Waals surface area contributed by atoms with Crippen molar-refractivity contribution in [2.75, 3.05) is 20.3 Å². The summed E-state index contributed by atoms with van der Waals surface area (Å²) in [7, 11) is 1.45. The Hall–Kier alpha value is -6.36. The lowest BCUT2D eigenvalue weighted by Crippen LogP contribution is -2.45. The van der Waals surface area contributed by atoms with E-state index in [2.05, 4.69) is 39.4 Å². The van der Waals surface area contributed by atoms with Crippen molar-refractivity contribution in [1.82, 2.24) is 16.1 Å². The normalized spacial score (nSPS) is 14.3. The molecule has 0 unspecified atom stereocenters. The Labute approximate surface area is 288 Å². The van der Waals surface area contributed by atoms with Crippen molar-refractivity contribution in [3.05, 3.63) is 125 Å². The molecule has 1 atom stereocenters. The van der Waals surface area contributed by atoms with Crippen molar-refractivity contribution in [2.24, 2.45) is 5.10 Å².